The van der Waals surface area contributed by atoms with Gasteiger partial charge in [0.25, 0.3) is 5.91 Å². The molecule has 1 aliphatic rings. The van der Waals surface area contributed by atoms with Crippen LogP contribution in [0, 0.1) is 0 Å². The highest BCUT2D eigenvalue weighted by Crippen LogP contribution is 2.37. The van der Waals surface area contributed by atoms with E-state index in [0.29, 0.717) is 11.4 Å². The second kappa shape index (κ2) is 5.32. The van der Waals surface area contributed by atoms with Crippen molar-refractivity contribution >= 4 is 35.0 Å². The first-order valence-corrected chi connectivity index (χ1v) is 7.56. The molecule has 0 saturated carbocycles. The van der Waals surface area contributed by atoms with Crippen molar-refractivity contribution in [3.63, 3.8) is 0 Å². The third-order valence-electron chi connectivity index (χ3n) is 2.96. The minimum absolute atomic E-state index is 0.128. The van der Waals surface area contributed by atoms with E-state index in [1.54, 1.807) is 6.07 Å². The molecule has 0 bridgehead atoms. The predicted octanol–water partition coefficient (Wildman–Crippen LogP) is 2.46. The number of amides is 1. The number of carbonyl (C=O) groups excluding carboxylic acids is 1. The number of carbonyl (C=O) groups is 2. The van der Waals surface area contributed by atoms with Gasteiger partial charge in [-0.1, -0.05) is 0 Å². The molecule has 0 unspecified atom stereocenters. The van der Waals surface area contributed by atoms with Gasteiger partial charge in [0.2, 0.25) is 0 Å². The first kappa shape index (κ1) is 13.4. The number of carboxylic acid groups (broad SMARTS) is 1. The van der Waals surface area contributed by atoms with Crippen LogP contribution in [0.3, 0.4) is 0 Å². The summed E-state index contributed by atoms with van der Waals surface area (Å²) in [5, 5.41) is 11.7. The lowest BCUT2D eigenvalue weighted by molar-refractivity contribution is 0.0702. The zero-order chi connectivity index (χ0) is 13.2. The van der Waals surface area contributed by atoms with E-state index in [2.05, 4.69) is 12.2 Å². The maximum atomic E-state index is 11.9. The Hall–Kier alpha value is -1.01. The topological polar surface area (TPSA) is 66.4 Å². The van der Waals surface area contributed by atoms with E-state index in [9.17, 15) is 9.59 Å². The van der Waals surface area contributed by atoms with Crippen molar-refractivity contribution in [1.29, 1.82) is 0 Å². The van der Waals surface area contributed by atoms with E-state index in [-0.39, 0.29) is 15.5 Å². The number of hydrogen-bond donors (Lipinski definition) is 2. The van der Waals surface area contributed by atoms with Gasteiger partial charge in [0.1, 0.15) is 4.88 Å². The molecular formula is C12H15NO3S2. The molecule has 2 rings (SSSR count). The number of thioether (sulfide) groups is 1. The van der Waals surface area contributed by atoms with E-state index >= 15 is 0 Å². The van der Waals surface area contributed by atoms with E-state index in [0.717, 1.165) is 23.5 Å². The Kier molecular flexibility index (Phi) is 3.97. The summed E-state index contributed by atoms with van der Waals surface area (Å²) in [7, 11) is 0. The molecule has 0 aromatic carbocycles. The lowest BCUT2D eigenvalue weighted by atomic mass is 10.1. The number of thiophene rings is 1. The average molecular weight is 285 g/mol. The van der Waals surface area contributed by atoms with Gasteiger partial charge in [-0.2, -0.15) is 11.8 Å². The van der Waals surface area contributed by atoms with Crippen LogP contribution >= 0.6 is 23.1 Å². The van der Waals surface area contributed by atoms with Crippen molar-refractivity contribution in [3.05, 3.63) is 21.9 Å². The molecule has 98 valence electrons. The Bertz CT molecular complexity index is 464. The molecule has 0 radical (unpaired) electrons. The van der Waals surface area contributed by atoms with Crippen molar-refractivity contribution in [2.75, 3.05) is 12.3 Å². The number of rotatable bonds is 4. The second-order valence-corrected chi connectivity index (χ2v) is 7.32. The molecule has 2 heterocycles. The average Bonchev–Trinajstić information content (AvgIpc) is 2.95. The molecule has 6 heteroatoms. The van der Waals surface area contributed by atoms with Gasteiger partial charge in [-0.3, -0.25) is 4.79 Å². The summed E-state index contributed by atoms with van der Waals surface area (Å²) in [6.07, 6.45) is 2.31. The van der Waals surface area contributed by atoms with Crippen LogP contribution in [0.4, 0.5) is 0 Å². The van der Waals surface area contributed by atoms with Crippen LogP contribution in [0.2, 0.25) is 0 Å². The monoisotopic (exact) mass is 285 g/mol. The highest BCUT2D eigenvalue weighted by Gasteiger charge is 2.30. The lowest BCUT2D eigenvalue weighted by Gasteiger charge is -2.22. The van der Waals surface area contributed by atoms with E-state index in [1.807, 2.05) is 11.8 Å². The van der Waals surface area contributed by atoms with Crippen molar-refractivity contribution < 1.29 is 14.7 Å². The number of carboxylic acids is 1. The molecule has 0 aliphatic carbocycles. The Morgan fingerprint density at radius 1 is 1.44 bits per heavy atom. The highest BCUT2D eigenvalue weighted by molar-refractivity contribution is 8.00. The molecule has 1 aromatic rings. The minimum Gasteiger partial charge on any atom is -0.477 e. The molecule has 18 heavy (non-hydrogen) atoms. The largest absolute Gasteiger partial charge is 0.477 e. The lowest BCUT2D eigenvalue weighted by Crippen LogP contribution is -2.36. The fourth-order valence-corrected chi connectivity index (χ4v) is 3.91. The number of aromatic carboxylic acids is 1. The molecular weight excluding hydrogens is 270 g/mol. The van der Waals surface area contributed by atoms with Gasteiger partial charge in [-0.25, -0.2) is 4.79 Å². The van der Waals surface area contributed by atoms with Gasteiger partial charge in [-0.15, -0.1) is 11.3 Å². The summed E-state index contributed by atoms with van der Waals surface area (Å²) in [6, 6.07) is 3.03. The maximum absolute atomic E-state index is 11.9. The molecule has 1 aromatic heterocycles. The van der Waals surface area contributed by atoms with E-state index in [1.165, 1.54) is 12.5 Å². The summed E-state index contributed by atoms with van der Waals surface area (Å²) in [4.78, 5) is 23.3. The zero-order valence-corrected chi connectivity index (χ0v) is 11.7. The molecule has 1 aliphatic heterocycles. The predicted molar refractivity (Wildman–Crippen MR) is 73.7 cm³/mol. The fourth-order valence-electron chi connectivity index (χ4n) is 1.91. The molecule has 0 spiro atoms. The van der Waals surface area contributed by atoms with Crippen molar-refractivity contribution in [3.8, 4) is 0 Å². The Morgan fingerprint density at radius 2 is 2.17 bits per heavy atom. The van der Waals surface area contributed by atoms with Gasteiger partial charge in [0, 0.05) is 11.3 Å². The summed E-state index contributed by atoms with van der Waals surface area (Å²) in [5.41, 5.74) is 0. The van der Waals surface area contributed by atoms with Crippen LogP contribution in [0.25, 0.3) is 0 Å². The zero-order valence-electron chi connectivity index (χ0n) is 10.1. The molecule has 2 N–H and O–H groups in total. The van der Waals surface area contributed by atoms with Gasteiger partial charge in [-0.05, 0) is 37.7 Å². The van der Waals surface area contributed by atoms with Gasteiger partial charge in [0.05, 0.1) is 4.88 Å². The van der Waals surface area contributed by atoms with E-state index < -0.39 is 5.97 Å². The standard InChI is InChI=1S/C12H15NO3S2/c1-12(5-2-6-17-12)7-13-10(14)8-3-4-9(18-8)11(15)16/h3-4H,2,5-7H2,1H3,(H,13,14)(H,15,16)/t12-/m0/s1. The van der Waals surface area contributed by atoms with Gasteiger partial charge >= 0.3 is 5.97 Å². The Balaban J connectivity index is 1.93. The van der Waals surface area contributed by atoms with Crippen LogP contribution in [0.1, 0.15) is 39.1 Å². The van der Waals surface area contributed by atoms with Crippen molar-refractivity contribution in [1.82, 2.24) is 5.32 Å². The summed E-state index contributed by atoms with van der Waals surface area (Å²) < 4.78 is 0.128. The van der Waals surface area contributed by atoms with Crippen LogP contribution in [-0.4, -0.2) is 34.0 Å². The van der Waals surface area contributed by atoms with Gasteiger partial charge < -0.3 is 10.4 Å². The quantitative estimate of drug-likeness (QED) is 0.892. The number of hydrogen-bond acceptors (Lipinski definition) is 4. The smallest absolute Gasteiger partial charge is 0.345 e. The third-order valence-corrected chi connectivity index (χ3v) is 5.57. The second-order valence-electron chi connectivity index (χ2n) is 4.55. The SMILES string of the molecule is C[C@@]1(CNC(=O)c2ccc(C(=O)O)s2)CCCS1. The van der Waals surface area contributed by atoms with Crippen LogP contribution in [0.15, 0.2) is 12.1 Å². The molecule has 1 atom stereocenters. The third kappa shape index (κ3) is 3.05. The Labute approximate surface area is 114 Å². The molecule has 4 nitrogen and oxygen atoms in total. The first-order chi connectivity index (χ1) is 8.50. The minimum atomic E-state index is -0.989. The summed E-state index contributed by atoms with van der Waals surface area (Å²) in [6.45, 7) is 2.79. The highest BCUT2D eigenvalue weighted by atomic mass is 32.2. The number of nitrogens with one attached hydrogen (secondary N) is 1. The summed E-state index contributed by atoms with van der Waals surface area (Å²) in [5.74, 6) is -0.0206. The van der Waals surface area contributed by atoms with Crippen molar-refractivity contribution in [2.24, 2.45) is 0 Å². The molecule has 1 fully saturated rings. The van der Waals surface area contributed by atoms with Gasteiger partial charge in [0.15, 0.2) is 0 Å². The first-order valence-electron chi connectivity index (χ1n) is 5.75. The molecule has 1 amide bonds. The van der Waals surface area contributed by atoms with Crippen molar-refractivity contribution in [2.45, 2.75) is 24.5 Å². The van der Waals surface area contributed by atoms with Crippen LogP contribution < -0.4 is 5.32 Å². The van der Waals surface area contributed by atoms with Crippen LogP contribution in [0.5, 0.6) is 0 Å². The fraction of sp³-hybridized carbons (Fsp3) is 0.500. The van der Waals surface area contributed by atoms with Crippen LogP contribution in [-0.2, 0) is 0 Å². The van der Waals surface area contributed by atoms with E-state index in [4.69, 9.17) is 5.11 Å². The Morgan fingerprint density at radius 3 is 2.72 bits per heavy atom. The normalized spacial score (nSPS) is 22.9. The molecule has 1 saturated heterocycles. The maximum Gasteiger partial charge on any atom is 0.345 e. The summed E-state index contributed by atoms with van der Waals surface area (Å²) >= 11 is 2.90.